The molecule has 2 aliphatic rings. The zero-order valence-electron chi connectivity index (χ0n) is 11.9. The van der Waals surface area contributed by atoms with Crippen LogP contribution in [0.25, 0.3) is 0 Å². The molecule has 1 spiro atoms. The van der Waals surface area contributed by atoms with E-state index in [0.717, 1.165) is 32.5 Å². The molecule has 104 valence electrons. The van der Waals surface area contributed by atoms with Crippen molar-refractivity contribution >= 4 is 17.9 Å². The van der Waals surface area contributed by atoms with E-state index in [4.69, 9.17) is 4.74 Å². The Morgan fingerprint density at radius 2 is 1.83 bits per heavy atom. The monoisotopic (exact) mass is 272 g/mol. The van der Waals surface area contributed by atoms with Gasteiger partial charge >= 0.3 is 6.09 Å². The Hall–Kier alpha value is -0.420. The molecule has 2 aliphatic heterocycles. The fourth-order valence-corrected chi connectivity index (χ4v) is 4.11. The number of thioether (sulfide) groups is 1. The van der Waals surface area contributed by atoms with Crippen molar-refractivity contribution in [2.75, 3.05) is 32.4 Å². The molecule has 0 aromatic rings. The predicted molar refractivity (Wildman–Crippen MR) is 74.9 cm³/mol. The number of hydrogen-bond donors (Lipinski definition) is 0. The molecule has 2 rings (SSSR count). The highest BCUT2D eigenvalue weighted by Crippen LogP contribution is 2.42. The molecule has 2 saturated heterocycles. The second-order valence-corrected chi connectivity index (χ2v) is 7.64. The first-order valence-electron chi connectivity index (χ1n) is 6.66. The Morgan fingerprint density at radius 1 is 1.22 bits per heavy atom. The number of amides is 1. The highest BCUT2D eigenvalue weighted by molar-refractivity contribution is 8.00. The van der Waals surface area contributed by atoms with Crippen molar-refractivity contribution < 1.29 is 9.53 Å². The SMILES string of the molecule is CN1CCSC12CCN(C(=O)OC(C)(C)C)CC2. The second-order valence-electron chi connectivity index (χ2n) is 6.18. The van der Waals surface area contributed by atoms with Gasteiger partial charge in [-0.25, -0.2) is 4.79 Å². The minimum absolute atomic E-state index is 0.164. The molecule has 0 aromatic carbocycles. The molecule has 0 aliphatic carbocycles. The Kier molecular flexibility index (Phi) is 3.83. The fourth-order valence-electron chi connectivity index (χ4n) is 2.58. The number of likely N-dealkylation sites (tertiary alicyclic amines) is 1. The van der Waals surface area contributed by atoms with Crippen LogP contribution < -0.4 is 0 Å². The van der Waals surface area contributed by atoms with Gasteiger partial charge in [-0.15, -0.1) is 11.8 Å². The second kappa shape index (κ2) is 4.93. The lowest BCUT2D eigenvalue weighted by Gasteiger charge is -2.42. The van der Waals surface area contributed by atoms with Crippen LogP contribution in [0.1, 0.15) is 33.6 Å². The molecule has 0 atom stereocenters. The summed E-state index contributed by atoms with van der Waals surface area (Å²) in [7, 11) is 2.20. The van der Waals surface area contributed by atoms with Crippen LogP contribution in [-0.2, 0) is 4.74 Å². The molecule has 0 unspecified atom stereocenters. The van der Waals surface area contributed by atoms with E-state index in [9.17, 15) is 4.79 Å². The van der Waals surface area contributed by atoms with Crippen LogP contribution >= 0.6 is 11.8 Å². The van der Waals surface area contributed by atoms with Crippen LogP contribution in [0.2, 0.25) is 0 Å². The van der Waals surface area contributed by atoms with Gasteiger partial charge in [0.25, 0.3) is 0 Å². The first-order chi connectivity index (χ1) is 8.32. The van der Waals surface area contributed by atoms with E-state index in [1.807, 2.05) is 37.4 Å². The normalized spacial score (nSPS) is 24.6. The summed E-state index contributed by atoms with van der Waals surface area (Å²) in [5.74, 6) is 1.21. The lowest BCUT2D eigenvalue weighted by atomic mass is 10.0. The molecule has 0 aromatic heterocycles. The van der Waals surface area contributed by atoms with Gasteiger partial charge in [-0.1, -0.05) is 0 Å². The average molecular weight is 272 g/mol. The van der Waals surface area contributed by atoms with Crippen molar-refractivity contribution in [1.82, 2.24) is 9.80 Å². The summed E-state index contributed by atoms with van der Waals surface area (Å²) in [5.41, 5.74) is -0.398. The van der Waals surface area contributed by atoms with Gasteiger partial charge in [0, 0.05) is 25.4 Å². The van der Waals surface area contributed by atoms with Crippen LogP contribution in [0.5, 0.6) is 0 Å². The van der Waals surface area contributed by atoms with E-state index in [0.29, 0.717) is 0 Å². The number of hydrogen-bond acceptors (Lipinski definition) is 4. The molecule has 0 radical (unpaired) electrons. The van der Waals surface area contributed by atoms with E-state index in [1.165, 1.54) is 5.75 Å². The lowest BCUT2D eigenvalue weighted by Crippen LogP contribution is -2.51. The highest BCUT2D eigenvalue weighted by Gasteiger charge is 2.43. The van der Waals surface area contributed by atoms with Gasteiger partial charge in [-0.3, -0.25) is 4.90 Å². The summed E-state index contributed by atoms with van der Waals surface area (Å²) < 4.78 is 5.42. The van der Waals surface area contributed by atoms with E-state index in [2.05, 4.69) is 11.9 Å². The average Bonchev–Trinajstić information content (AvgIpc) is 2.59. The van der Waals surface area contributed by atoms with E-state index in [1.54, 1.807) is 0 Å². The molecule has 2 heterocycles. The van der Waals surface area contributed by atoms with Crippen LogP contribution in [0, 0.1) is 0 Å². The minimum atomic E-state index is -0.398. The number of ether oxygens (including phenoxy) is 1. The maximum atomic E-state index is 12.0. The Bertz CT molecular complexity index is 319. The highest BCUT2D eigenvalue weighted by atomic mass is 32.2. The van der Waals surface area contributed by atoms with Crippen molar-refractivity contribution in [3.05, 3.63) is 0 Å². The lowest BCUT2D eigenvalue weighted by molar-refractivity contribution is 0.0143. The van der Waals surface area contributed by atoms with Crippen LogP contribution in [0.4, 0.5) is 4.79 Å². The number of carbonyl (C=O) groups is 1. The maximum absolute atomic E-state index is 12.0. The topological polar surface area (TPSA) is 32.8 Å². The molecule has 4 nitrogen and oxygen atoms in total. The smallest absolute Gasteiger partial charge is 0.410 e. The van der Waals surface area contributed by atoms with Gasteiger partial charge in [0.15, 0.2) is 0 Å². The number of nitrogens with zero attached hydrogens (tertiary/aromatic N) is 2. The largest absolute Gasteiger partial charge is 0.444 e. The third kappa shape index (κ3) is 2.94. The van der Waals surface area contributed by atoms with E-state index < -0.39 is 5.60 Å². The summed E-state index contributed by atoms with van der Waals surface area (Å²) in [6.07, 6.45) is 1.93. The Labute approximate surface area is 114 Å². The number of carbonyl (C=O) groups excluding carboxylic acids is 1. The van der Waals surface area contributed by atoms with Crippen LogP contribution in [0.15, 0.2) is 0 Å². The van der Waals surface area contributed by atoms with Gasteiger partial charge in [-0.2, -0.15) is 0 Å². The summed E-state index contributed by atoms with van der Waals surface area (Å²) in [4.78, 5) is 16.6. The van der Waals surface area contributed by atoms with Gasteiger partial charge in [0.2, 0.25) is 0 Å². The third-order valence-corrected chi connectivity index (χ3v) is 5.33. The number of piperidine rings is 1. The van der Waals surface area contributed by atoms with Gasteiger partial charge in [-0.05, 0) is 40.7 Å². The van der Waals surface area contributed by atoms with Crippen molar-refractivity contribution in [3.8, 4) is 0 Å². The standard InChI is InChI=1S/C13H24N2O2S/c1-12(2,3)17-11(16)15-7-5-13(6-8-15)14(4)9-10-18-13/h5-10H2,1-4H3. The first-order valence-corrected chi connectivity index (χ1v) is 7.64. The molecule has 2 fully saturated rings. The van der Waals surface area contributed by atoms with Crippen LogP contribution in [-0.4, -0.2) is 58.8 Å². The summed E-state index contributed by atoms with van der Waals surface area (Å²) in [6.45, 7) is 8.53. The summed E-state index contributed by atoms with van der Waals surface area (Å²) in [6, 6.07) is 0. The molecule has 18 heavy (non-hydrogen) atoms. The molecular weight excluding hydrogens is 248 g/mol. The van der Waals surface area contributed by atoms with Gasteiger partial charge < -0.3 is 9.64 Å². The van der Waals surface area contributed by atoms with Crippen molar-refractivity contribution in [2.45, 2.75) is 44.1 Å². The van der Waals surface area contributed by atoms with Gasteiger partial charge in [0.1, 0.15) is 5.60 Å². The summed E-state index contributed by atoms with van der Waals surface area (Å²) >= 11 is 2.05. The molecule has 1 amide bonds. The molecule has 0 bridgehead atoms. The van der Waals surface area contributed by atoms with Crippen molar-refractivity contribution in [3.63, 3.8) is 0 Å². The zero-order chi connectivity index (χ0) is 13.4. The molecule has 0 saturated carbocycles. The van der Waals surface area contributed by atoms with E-state index in [-0.39, 0.29) is 11.0 Å². The fraction of sp³-hybridized carbons (Fsp3) is 0.923. The van der Waals surface area contributed by atoms with E-state index >= 15 is 0 Å². The quantitative estimate of drug-likeness (QED) is 0.678. The minimum Gasteiger partial charge on any atom is -0.444 e. The van der Waals surface area contributed by atoms with Crippen molar-refractivity contribution in [1.29, 1.82) is 0 Å². The third-order valence-electron chi connectivity index (χ3n) is 3.69. The maximum Gasteiger partial charge on any atom is 0.410 e. The summed E-state index contributed by atoms with van der Waals surface area (Å²) in [5, 5.41) is 0. The first kappa shape index (κ1) is 14.0. The van der Waals surface area contributed by atoms with Crippen molar-refractivity contribution in [2.24, 2.45) is 0 Å². The molecular formula is C13H24N2O2S. The number of rotatable bonds is 0. The Balaban J connectivity index is 1.89. The predicted octanol–water partition coefficient (Wildman–Crippen LogP) is 2.39. The Morgan fingerprint density at radius 3 is 2.28 bits per heavy atom. The molecule has 0 N–H and O–H groups in total. The zero-order valence-corrected chi connectivity index (χ0v) is 12.7. The van der Waals surface area contributed by atoms with Gasteiger partial charge in [0.05, 0.1) is 4.87 Å². The van der Waals surface area contributed by atoms with Crippen LogP contribution in [0.3, 0.4) is 0 Å². The molecule has 5 heteroatoms.